The minimum atomic E-state index is -0.182. The number of nitrogens with one attached hydrogen (secondary N) is 1. The number of benzene rings is 2. The van der Waals surface area contributed by atoms with E-state index in [1.165, 1.54) is 6.07 Å². The molecule has 0 spiro atoms. The molecule has 0 aliphatic heterocycles. The second kappa shape index (κ2) is 5.65. The van der Waals surface area contributed by atoms with Gasteiger partial charge in [0.2, 0.25) is 0 Å². The summed E-state index contributed by atoms with van der Waals surface area (Å²) >= 11 is 0. The van der Waals surface area contributed by atoms with Crippen LogP contribution < -0.4 is 5.32 Å². The van der Waals surface area contributed by atoms with Crippen LogP contribution in [0.3, 0.4) is 0 Å². The van der Waals surface area contributed by atoms with E-state index < -0.39 is 0 Å². The van der Waals surface area contributed by atoms with Crippen molar-refractivity contribution in [1.82, 2.24) is 0 Å². The molecule has 0 saturated heterocycles. The van der Waals surface area contributed by atoms with E-state index in [4.69, 9.17) is 5.11 Å². The van der Waals surface area contributed by atoms with E-state index >= 15 is 0 Å². The average Bonchev–Trinajstić information content (AvgIpc) is 2.40. The number of aliphatic hydroxyl groups excluding tert-OH is 1. The zero-order valence-electron chi connectivity index (χ0n) is 10.3. The second-order valence-electron chi connectivity index (χ2n) is 4.30. The summed E-state index contributed by atoms with van der Waals surface area (Å²) in [6.45, 7) is 2.33. The van der Waals surface area contributed by atoms with Crippen molar-refractivity contribution in [2.75, 3.05) is 5.32 Å². The van der Waals surface area contributed by atoms with Gasteiger partial charge in [0.05, 0.1) is 6.61 Å². The average molecular weight is 245 g/mol. The topological polar surface area (TPSA) is 32.3 Å². The molecule has 2 N–H and O–H groups in total. The first kappa shape index (κ1) is 12.6. The molecule has 2 rings (SSSR count). The Morgan fingerprint density at radius 3 is 2.67 bits per heavy atom. The molecule has 0 saturated carbocycles. The molecule has 2 aromatic rings. The molecule has 0 aliphatic rings. The van der Waals surface area contributed by atoms with Gasteiger partial charge in [-0.15, -0.1) is 0 Å². The van der Waals surface area contributed by atoms with Gasteiger partial charge in [0, 0.05) is 12.2 Å². The Bertz CT molecular complexity index is 540. The molecule has 3 heteroatoms. The van der Waals surface area contributed by atoms with Gasteiger partial charge in [0.15, 0.2) is 0 Å². The SMILES string of the molecule is Cc1ccc(CNc2cccc(CO)c2)cc1F. The minimum absolute atomic E-state index is 0.0225. The number of hydrogen-bond acceptors (Lipinski definition) is 2. The number of aryl methyl sites for hydroxylation is 1. The van der Waals surface area contributed by atoms with Crippen molar-refractivity contribution in [2.24, 2.45) is 0 Å². The summed E-state index contributed by atoms with van der Waals surface area (Å²) in [7, 11) is 0. The van der Waals surface area contributed by atoms with Crippen LogP contribution in [0, 0.1) is 12.7 Å². The third-order valence-corrected chi connectivity index (χ3v) is 2.84. The highest BCUT2D eigenvalue weighted by Crippen LogP contribution is 2.14. The lowest BCUT2D eigenvalue weighted by molar-refractivity contribution is 0.282. The number of aliphatic hydroxyl groups is 1. The molecule has 0 bridgehead atoms. The number of halogens is 1. The van der Waals surface area contributed by atoms with Gasteiger partial charge in [-0.2, -0.15) is 0 Å². The van der Waals surface area contributed by atoms with E-state index in [1.807, 2.05) is 30.3 Å². The Morgan fingerprint density at radius 1 is 1.11 bits per heavy atom. The van der Waals surface area contributed by atoms with Crippen LogP contribution in [0.1, 0.15) is 16.7 Å². The van der Waals surface area contributed by atoms with E-state index in [2.05, 4.69) is 5.32 Å². The Morgan fingerprint density at radius 2 is 1.94 bits per heavy atom. The Labute approximate surface area is 106 Å². The maximum absolute atomic E-state index is 13.4. The summed E-state index contributed by atoms with van der Waals surface area (Å²) < 4.78 is 13.4. The van der Waals surface area contributed by atoms with Crippen LogP contribution in [0.25, 0.3) is 0 Å². The van der Waals surface area contributed by atoms with Gasteiger partial charge in [0.25, 0.3) is 0 Å². The molecule has 0 aromatic heterocycles. The van der Waals surface area contributed by atoms with Crippen molar-refractivity contribution >= 4 is 5.69 Å². The lowest BCUT2D eigenvalue weighted by Crippen LogP contribution is -2.00. The monoisotopic (exact) mass is 245 g/mol. The first-order valence-corrected chi connectivity index (χ1v) is 5.88. The molecule has 94 valence electrons. The molecule has 0 fully saturated rings. The zero-order chi connectivity index (χ0) is 13.0. The largest absolute Gasteiger partial charge is 0.392 e. The van der Waals surface area contributed by atoms with Crippen LogP contribution in [0.4, 0.5) is 10.1 Å². The third kappa shape index (κ3) is 3.08. The summed E-state index contributed by atoms with van der Waals surface area (Å²) in [5.74, 6) is -0.182. The van der Waals surface area contributed by atoms with Crippen LogP contribution >= 0.6 is 0 Å². The molecule has 2 nitrogen and oxygen atoms in total. The van der Waals surface area contributed by atoms with E-state index in [0.29, 0.717) is 12.1 Å². The summed E-state index contributed by atoms with van der Waals surface area (Å²) in [6.07, 6.45) is 0. The van der Waals surface area contributed by atoms with Gasteiger partial charge in [-0.25, -0.2) is 4.39 Å². The van der Waals surface area contributed by atoms with Crippen molar-refractivity contribution in [1.29, 1.82) is 0 Å². The first-order valence-electron chi connectivity index (χ1n) is 5.88. The molecule has 0 amide bonds. The lowest BCUT2D eigenvalue weighted by Gasteiger charge is -2.08. The summed E-state index contributed by atoms with van der Waals surface area (Å²) in [6, 6.07) is 12.8. The predicted octanol–water partition coefficient (Wildman–Crippen LogP) is 3.24. The van der Waals surface area contributed by atoms with Crippen molar-refractivity contribution < 1.29 is 9.50 Å². The molecule has 0 aliphatic carbocycles. The molecule has 0 heterocycles. The fourth-order valence-corrected chi connectivity index (χ4v) is 1.73. The first-order chi connectivity index (χ1) is 8.69. The van der Waals surface area contributed by atoms with E-state index in [1.54, 1.807) is 13.0 Å². The van der Waals surface area contributed by atoms with Crippen LogP contribution in [-0.4, -0.2) is 5.11 Å². The molecular weight excluding hydrogens is 229 g/mol. The van der Waals surface area contributed by atoms with Crippen LogP contribution in [0.2, 0.25) is 0 Å². The number of hydrogen-bond donors (Lipinski definition) is 2. The molecule has 0 radical (unpaired) electrons. The van der Waals surface area contributed by atoms with Crippen molar-refractivity contribution in [3.05, 3.63) is 65.0 Å². The van der Waals surface area contributed by atoms with Gasteiger partial charge in [-0.1, -0.05) is 24.3 Å². The van der Waals surface area contributed by atoms with Gasteiger partial charge in [-0.05, 0) is 41.8 Å². The summed E-state index contributed by atoms with van der Waals surface area (Å²) in [5, 5.41) is 12.2. The maximum Gasteiger partial charge on any atom is 0.126 e. The highest BCUT2D eigenvalue weighted by Gasteiger charge is 2.00. The summed E-state index contributed by atoms with van der Waals surface area (Å²) in [4.78, 5) is 0. The second-order valence-corrected chi connectivity index (χ2v) is 4.30. The molecule has 0 atom stereocenters. The van der Waals surface area contributed by atoms with E-state index in [-0.39, 0.29) is 12.4 Å². The minimum Gasteiger partial charge on any atom is -0.392 e. The fraction of sp³-hybridized carbons (Fsp3) is 0.200. The lowest BCUT2D eigenvalue weighted by atomic mass is 10.1. The van der Waals surface area contributed by atoms with Crippen LogP contribution in [0.15, 0.2) is 42.5 Å². The maximum atomic E-state index is 13.4. The standard InChI is InChI=1S/C15H16FNO/c1-11-5-6-12(8-15(11)16)9-17-14-4-2-3-13(7-14)10-18/h2-8,17-18H,9-10H2,1H3. The number of rotatable bonds is 4. The Balaban J connectivity index is 2.04. The molecule has 0 unspecified atom stereocenters. The van der Waals surface area contributed by atoms with E-state index in [9.17, 15) is 4.39 Å². The number of anilines is 1. The molecular formula is C15H16FNO. The molecule has 2 aromatic carbocycles. The van der Waals surface area contributed by atoms with Crippen LogP contribution in [0.5, 0.6) is 0 Å². The van der Waals surface area contributed by atoms with Gasteiger partial charge in [0.1, 0.15) is 5.82 Å². The zero-order valence-corrected chi connectivity index (χ0v) is 10.3. The Hall–Kier alpha value is -1.87. The molecule has 18 heavy (non-hydrogen) atoms. The van der Waals surface area contributed by atoms with Gasteiger partial charge >= 0.3 is 0 Å². The normalized spacial score (nSPS) is 10.4. The fourth-order valence-electron chi connectivity index (χ4n) is 1.73. The van der Waals surface area contributed by atoms with Crippen molar-refractivity contribution in [3.63, 3.8) is 0 Å². The summed E-state index contributed by atoms with van der Waals surface area (Å²) in [5.41, 5.74) is 3.33. The smallest absolute Gasteiger partial charge is 0.126 e. The van der Waals surface area contributed by atoms with Gasteiger partial charge < -0.3 is 10.4 Å². The quantitative estimate of drug-likeness (QED) is 0.866. The predicted molar refractivity (Wildman–Crippen MR) is 70.8 cm³/mol. The van der Waals surface area contributed by atoms with Crippen LogP contribution in [-0.2, 0) is 13.2 Å². The van der Waals surface area contributed by atoms with Crippen molar-refractivity contribution in [2.45, 2.75) is 20.1 Å². The van der Waals surface area contributed by atoms with E-state index in [0.717, 1.165) is 16.8 Å². The highest BCUT2D eigenvalue weighted by molar-refractivity contribution is 5.46. The highest BCUT2D eigenvalue weighted by atomic mass is 19.1. The third-order valence-electron chi connectivity index (χ3n) is 2.84. The Kier molecular flexibility index (Phi) is 3.95. The van der Waals surface area contributed by atoms with Crippen molar-refractivity contribution in [3.8, 4) is 0 Å². The van der Waals surface area contributed by atoms with Gasteiger partial charge in [-0.3, -0.25) is 0 Å².